The van der Waals surface area contributed by atoms with E-state index in [2.05, 4.69) is 0 Å². The van der Waals surface area contributed by atoms with Gasteiger partial charge in [-0.05, 0) is 18.1 Å². The number of imide groups is 1. The first-order valence-corrected chi connectivity index (χ1v) is 8.15. The molecule has 126 valence electrons. The molecule has 0 unspecified atom stereocenters. The molecule has 8 heteroatoms. The Kier molecular flexibility index (Phi) is 5.24. The molecule has 0 bridgehead atoms. The third-order valence-corrected chi connectivity index (χ3v) is 4.82. The van der Waals surface area contributed by atoms with E-state index < -0.39 is 25.5 Å². The number of rotatable bonds is 4. The van der Waals surface area contributed by atoms with E-state index in [9.17, 15) is 9.59 Å². The van der Waals surface area contributed by atoms with E-state index >= 15 is 0 Å². The summed E-state index contributed by atoms with van der Waals surface area (Å²) in [5.41, 5.74) is -0.0260. The van der Waals surface area contributed by atoms with Crippen LogP contribution in [0.1, 0.15) is 20.3 Å². The lowest BCUT2D eigenvalue weighted by Gasteiger charge is -2.24. The summed E-state index contributed by atoms with van der Waals surface area (Å²) in [6.07, 6.45) is 5.13. The van der Waals surface area contributed by atoms with Gasteiger partial charge in [-0.2, -0.15) is 0 Å². The number of hydrogen-bond acceptors (Lipinski definition) is 6. The molecule has 0 aromatic carbocycles. The number of ether oxygens (including phenoxy) is 2. The number of fused-ring (bicyclic) bond motifs is 1. The predicted molar refractivity (Wildman–Crippen MR) is 84.3 cm³/mol. The summed E-state index contributed by atoms with van der Waals surface area (Å²) in [5.74, 6) is 0.948. The van der Waals surface area contributed by atoms with Crippen LogP contribution in [0.15, 0.2) is 35.5 Å². The molecule has 1 aliphatic carbocycles. The Morgan fingerprint density at radius 3 is 2.57 bits per heavy atom. The summed E-state index contributed by atoms with van der Waals surface area (Å²) in [7, 11) is 2.18. The van der Waals surface area contributed by atoms with E-state index in [1.807, 2.05) is 19.9 Å². The fraction of sp³-hybridized carbons (Fsp3) is 0.467. The molecule has 2 amide bonds. The Balaban J connectivity index is 2.17. The number of nitrogens with zero attached hydrogens (tertiary/aromatic N) is 1. The molecule has 0 radical (unpaired) electrons. The van der Waals surface area contributed by atoms with E-state index in [0.29, 0.717) is 17.9 Å². The quantitative estimate of drug-likeness (QED) is 0.722. The second-order valence-electron chi connectivity index (χ2n) is 5.69. The van der Waals surface area contributed by atoms with Crippen LogP contribution in [0.3, 0.4) is 0 Å². The molecular weight excluding hydrogens is 321 g/mol. The monoisotopic (exact) mass is 341 g/mol. The van der Waals surface area contributed by atoms with Crippen molar-refractivity contribution in [1.29, 1.82) is 0 Å². The predicted octanol–water partition coefficient (Wildman–Crippen LogP) is 3.89. The van der Waals surface area contributed by atoms with Gasteiger partial charge in [0.25, 0.3) is 8.38 Å². The van der Waals surface area contributed by atoms with E-state index in [4.69, 9.17) is 18.5 Å². The molecule has 1 heterocycles. The van der Waals surface area contributed by atoms with Gasteiger partial charge in [0.15, 0.2) is 11.5 Å². The SMILES string of the molecule is COP(OC)C(=O)N(C)C(=O)OC1=C2OC=CC=C2CC1(C)C. The molecule has 2 aliphatic rings. The van der Waals surface area contributed by atoms with Crippen LogP contribution in [0.5, 0.6) is 0 Å². The molecule has 0 atom stereocenters. The fourth-order valence-electron chi connectivity index (χ4n) is 2.39. The molecule has 0 spiro atoms. The van der Waals surface area contributed by atoms with Gasteiger partial charge < -0.3 is 18.5 Å². The van der Waals surface area contributed by atoms with Crippen molar-refractivity contribution in [3.05, 3.63) is 35.5 Å². The normalized spacial score (nSPS) is 18.4. The number of hydrogen-bond donors (Lipinski definition) is 0. The average molecular weight is 341 g/mol. The van der Waals surface area contributed by atoms with Crippen LogP contribution < -0.4 is 0 Å². The van der Waals surface area contributed by atoms with Crippen molar-refractivity contribution >= 4 is 20.1 Å². The molecule has 0 fully saturated rings. The Morgan fingerprint density at radius 1 is 1.30 bits per heavy atom. The molecule has 7 nitrogen and oxygen atoms in total. The highest BCUT2D eigenvalue weighted by Crippen LogP contribution is 2.48. The molecular formula is C15H20NO6P. The van der Waals surface area contributed by atoms with Gasteiger partial charge in [-0.1, -0.05) is 19.9 Å². The number of allylic oxidation sites excluding steroid dienone is 4. The Hall–Kier alpha value is -1.69. The summed E-state index contributed by atoms with van der Waals surface area (Å²) in [6, 6.07) is 0. The highest BCUT2D eigenvalue weighted by Gasteiger charge is 2.42. The van der Waals surface area contributed by atoms with Gasteiger partial charge in [0, 0.05) is 26.7 Å². The second-order valence-corrected chi connectivity index (χ2v) is 7.32. The second kappa shape index (κ2) is 6.83. The lowest BCUT2D eigenvalue weighted by molar-refractivity contribution is 0.122. The van der Waals surface area contributed by atoms with Crippen LogP contribution in [0, 0.1) is 5.41 Å². The fourth-order valence-corrected chi connectivity index (χ4v) is 3.18. The van der Waals surface area contributed by atoms with Gasteiger partial charge in [-0.15, -0.1) is 0 Å². The molecule has 1 aliphatic heterocycles. The Bertz CT molecular complexity index is 603. The minimum Gasteiger partial charge on any atom is -0.461 e. The zero-order chi connectivity index (χ0) is 17.2. The summed E-state index contributed by atoms with van der Waals surface area (Å²) < 4.78 is 20.8. The third-order valence-electron chi connectivity index (χ3n) is 3.54. The Morgan fingerprint density at radius 2 is 1.96 bits per heavy atom. The number of carbonyl (C=O) groups is 2. The van der Waals surface area contributed by atoms with Crippen LogP contribution in [0.25, 0.3) is 0 Å². The maximum absolute atomic E-state index is 12.3. The average Bonchev–Trinajstić information content (AvgIpc) is 2.78. The van der Waals surface area contributed by atoms with E-state index in [1.165, 1.54) is 27.5 Å². The summed E-state index contributed by atoms with van der Waals surface area (Å²) in [5, 5.41) is 0. The first kappa shape index (κ1) is 17.7. The maximum atomic E-state index is 12.3. The van der Waals surface area contributed by atoms with Gasteiger partial charge in [-0.25, -0.2) is 9.69 Å². The molecule has 0 saturated carbocycles. The molecule has 0 aromatic rings. The van der Waals surface area contributed by atoms with Gasteiger partial charge in [0.05, 0.1) is 6.26 Å². The zero-order valence-corrected chi connectivity index (χ0v) is 14.7. The van der Waals surface area contributed by atoms with Gasteiger partial charge >= 0.3 is 11.7 Å². The van der Waals surface area contributed by atoms with E-state index in [-0.39, 0.29) is 0 Å². The first-order chi connectivity index (χ1) is 10.8. The lowest BCUT2D eigenvalue weighted by Crippen LogP contribution is -2.33. The first-order valence-electron chi connectivity index (χ1n) is 6.97. The summed E-state index contributed by atoms with van der Waals surface area (Å²) in [4.78, 5) is 25.2. The topological polar surface area (TPSA) is 74.3 Å². The minimum absolute atomic E-state index is 0.403. The van der Waals surface area contributed by atoms with Gasteiger partial charge in [0.2, 0.25) is 0 Å². The van der Waals surface area contributed by atoms with Crippen molar-refractivity contribution in [2.75, 3.05) is 21.3 Å². The maximum Gasteiger partial charge on any atom is 0.421 e. The summed E-state index contributed by atoms with van der Waals surface area (Å²) in [6.45, 7) is 3.90. The lowest BCUT2D eigenvalue weighted by atomic mass is 9.90. The van der Waals surface area contributed by atoms with Crippen LogP contribution in [-0.4, -0.2) is 37.9 Å². The number of amides is 2. The van der Waals surface area contributed by atoms with Crippen LogP contribution in [0.2, 0.25) is 0 Å². The molecule has 23 heavy (non-hydrogen) atoms. The van der Waals surface area contributed by atoms with Crippen LogP contribution in [-0.2, 0) is 18.5 Å². The van der Waals surface area contributed by atoms with Gasteiger partial charge in [0.1, 0.15) is 0 Å². The molecule has 0 saturated heterocycles. The smallest absolute Gasteiger partial charge is 0.421 e. The third kappa shape index (κ3) is 3.47. The van der Waals surface area contributed by atoms with Crippen molar-refractivity contribution in [3.63, 3.8) is 0 Å². The standard InChI is InChI=1S/C15H20NO6P/c1-15(2)9-10-7-6-8-21-11(10)12(15)22-13(17)16(3)14(18)23(19-4)20-5/h6-8H,9H2,1-5H3. The van der Waals surface area contributed by atoms with Crippen LogP contribution in [0.4, 0.5) is 9.59 Å². The molecule has 0 aromatic heterocycles. The van der Waals surface area contributed by atoms with Crippen molar-refractivity contribution in [3.8, 4) is 0 Å². The van der Waals surface area contributed by atoms with E-state index in [1.54, 1.807) is 6.08 Å². The van der Waals surface area contributed by atoms with Gasteiger partial charge in [-0.3, -0.25) is 4.79 Å². The van der Waals surface area contributed by atoms with E-state index in [0.717, 1.165) is 10.5 Å². The highest BCUT2D eigenvalue weighted by atomic mass is 31.2. The highest BCUT2D eigenvalue weighted by molar-refractivity contribution is 7.65. The molecule has 2 rings (SSSR count). The zero-order valence-electron chi connectivity index (χ0n) is 13.8. The van der Waals surface area contributed by atoms with Crippen molar-refractivity contribution in [2.45, 2.75) is 20.3 Å². The van der Waals surface area contributed by atoms with Crippen LogP contribution >= 0.6 is 8.38 Å². The number of carbonyl (C=O) groups excluding carboxylic acids is 2. The largest absolute Gasteiger partial charge is 0.461 e. The minimum atomic E-state index is -1.83. The van der Waals surface area contributed by atoms with Crippen molar-refractivity contribution < 1.29 is 28.1 Å². The van der Waals surface area contributed by atoms with Crippen molar-refractivity contribution in [1.82, 2.24) is 4.90 Å². The Labute approximate surface area is 136 Å². The summed E-state index contributed by atoms with van der Waals surface area (Å²) >= 11 is 0. The van der Waals surface area contributed by atoms with Crippen molar-refractivity contribution in [2.24, 2.45) is 5.41 Å². The molecule has 0 N–H and O–H groups in total.